The van der Waals surface area contributed by atoms with E-state index in [1.807, 2.05) is 24.1 Å². The molecule has 0 N–H and O–H groups in total. The van der Waals surface area contributed by atoms with Gasteiger partial charge in [0.1, 0.15) is 0 Å². The van der Waals surface area contributed by atoms with Gasteiger partial charge in [-0.25, -0.2) is 15.0 Å². The smallest absolute Gasteiger partial charge is 0.233 e. The topological polar surface area (TPSA) is 46.3 Å². The molecular weight excluding hydrogens is 270 g/mol. The summed E-state index contributed by atoms with van der Waals surface area (Å²) in [5, 5.41) is 2.13. The average Bonchev–Trinajstić information content (AvgIpc) is 3.19. The third-order valence-electron chi connectivity index (χ3n) is 3.89. The van der Waals surface area contributed by atoms with Crippen LogP contribution in [0.5, 0.6) is 0 Å². The van der Waals surface area contributed by atoms with Gasteiger partial charge in [0.25, 0.3) is 0 Å². The van der Waals surface area contributed by atoms with E-state index in [2.05, 4.69) is 35.7 Å². The lowest BCUT2D eigenvalue weighted by molar-refractivity contribution is 0.240. The Balaban J connectivity index is 1.68. The molecule has 0 saturated carbocycles. The summed E-state index contributed by atoms with van der Waals surface area (Å²) in [5.41, 5.74) is 4.35. The van der Waals surface area contributed by atoms with Gasteiger partial charge in [-0.1, -0.05) is 0 Å². The van der Waals surface area contributed by atoms with Crippen molar-refractivity contribution < 1.29 is 0 Å². The van der Waals surface area contributed by atoms with E-state index in [0.717, 1.165) is 24.6 Å². The van der Waals surface area contributed by atoms with Crippen molar-refractivity contribution in [2.24, 2.45) is 0 Å². The predicted molar refractivity (Wildman–Crippen MR) is 77.5 cm³/mol. The van der Waals surface area contributed by atoms with Crippen molar-refractivity contribution in [2.45, 2.75) is 25.4 Å². The summed E-state index contributed by atoms with van der Waals surface area (Å²) in [6.45, 7) is 2.05. The molecule has 0 aliphatic carbocycles. The molecule has 0 amide bonds. The van der Waals surface area contributed by atoms with Gasteiger partial charge in [0.05, 0.1) is 17.2 Å². The number of imidazole rings is 1. The Morgan fingerprint density at radius 3 is 3.10 bits per heavy atom. The molecule has 0 aromatic carbocycles. The van der Waals surface area contributed by atoms with Crippen LogP contribution in [0, 0.1) is 0 Å². The van der Waals surface area contributed by atoms with Crippen LogP contribution >= 0.6 is 11.3 Å². The summed E-state index contributed by atoms with van der Waals surface area (Å²) in [4.78, 5) is 15.5. The van der Waals surface area contributed by atoms with Crippen molar-refractivity contribution in [1.29, 1.82) is 0 Å². The standard InChI is InChI=1S/C14H15N5S/c1-2-12(18(6-1)8-11-9-20-10-17-11)13-3-4-15-14-16-5-7-19(13)14/h3-5,7,9-10,12H,1-2,6,8H2/t12-/m0/s1. The van der Waals surface area contributed by atoms with E-state index in [4.69, 9.17) is 0 Å². The van der Waals surface area contributed by atoms with Crippen LogP contribution in [-0.2, 0) is 6.54 Å². The molecule has 1 aliphatic heterocycles. The highest BCUT2D eigenvalue weighted by molar-refractivity contribution is 7.07. The Hall–Kier alpha value is -1.79. The first-order chi connectivity index (χ1) is 9.92. The maximum absolute atomic E-state index is 4.41. The van der Waals surface area contributed by atoms with E-state index >= 15 is 0 Å². The fourth-order valence-electron chi connectivity index (χ4n) is 3.00. The van der Waals surface area contributed by atoms with Crippen LogP contribution in [0.15, 0.2) is 35.5 Å². The third kappa shape index (κ3) is 2.01. The predicted octanol–water partition coefficient (Wildman–Crippen LogP) is 2.52. The second kappa shape index (κ2) is 4.96. The molecule has 4 heterocycles. The lowest BCUT2D eigenvalue weighted by Crippen LogP contribution is -2.24. The lowest BCUT2D eigenvalue weighted by Gasteiger charge is -2.24. The van der Waals surface area contributed by atoms with Crippen molar-refractivity contribution >= 4 is 17.1 Å². The molecule has 1 aliphatic rings. The van der Waals surface area contributed by atoms with Crippen molar-refractivity contribution in [3.05, 3.63) is 46.9 Å². The summed E-state index contributed by atoms with van der Waals surface area (Å²) < 4.78 is 2.10. The first-order valence-corrected chi connectivity index (χ1v) is 7.75. The average molecular weight is 285 g/mol. The number of rotatable bonds is 3. The summed E-state index contributed by atoms with van der Waals surface area (Å²) in [6.07, 6.45) is 8.08. The van der Waals surface area contributed by atoms with Crippen molar-refractivity contribution in [1.82, 2.24) is 24.3 Å². The van der Waals surface area contributed by atoms with Gasteiger partial charge in [-0.3, -0.25) is 9.30 Å². The normalized spacial score (nSPS) is 19.9. The fourth-order valence-corrected chi connectivity index (χ4v) is 3.55. The van der Waals surface area contributed by atoms with Crippen molar-refractivity contribution in [2.75, 3.05) is 6.54 Å². The molecular formula is C14H15N5S. The lowest BCUT2D eigenvalue weighted by atomic mass is 10.1. The van der Waals surface area contributed by atoms with Crippen LogP contribution in [0.1, 0.15) is 30.3 Å². The summed E-state index contributed by atoms with van der Waals surface area (Å²) in [6, 6.07) is 2.54. The minimum atomic E-state index is 0.427. The first-order valence-electron chi connectivity index (χ1n) is 6.81. The highest BCUT2D eigenvalue weighted by Crippen LogP contribution is 2.32. The Labute approximate surface area is 120 Å². The van der Waals surface area contributed by atoms with Crippen LogP contribution in [0.4, 0.5) is 0 Å². The fraction of sp³-hybridized carbons (Fsp3) is 0.357. The van der Waals surface area contributed by atoms with Gasteiger partial charge in [-0.05, 0) is 25.5 Å². The maximum Gasteiger partial charge on any atom is 0.233 e. The molecule has 0 unspecified atom stereocenters. The number of nitrogens with zero attached hydrogens (tertiary/aromatic N) is 5. The highest BCUT2D eigenvalue weighted by atomic mass is 32.1. The van der Waals surface area contributed by atoms with Crippen LogP contribution in [0.3, 0.4) is 0 Å². The van der Waals surface area contributed by atoms with Gasteiger partial charge in [0, 0.05) is 36.2 Å². The van der Waals surface area contributed by atoms with Crippen LogP contribution in [0.2, 0.25) is 0 Å². The molecule has 102 valence electrons. The highest BCUT2D eigenvalue weighted by Gasteiger charge is 2.28. The molecule has 4 rings (SSSR count). The number of likely N-dealkylation sites (tertiary alicyclic amines) is 1. The van der Waals surface area contributed by atoms with Gasteiger partial charge >= 0.3 is 0 Å². The van der Waals surface area contributed by atoms with Gasteiger partial charge in [0.2, 0.25) is 5.78 Å². The number of hydrogen-bond acceptors (Lipinski definition) is 5. The largest absolute Gasteiger partial charge is 0.289 e. The van der Waals surface area contributed by atoms with E-state index in [1.54, 1.807) is 11.3 Å². The number of thiazole rings is 1. The quantitative estimate of drug-likeness (QED) is 0.742. The van der Waals surface area contributed by atoms with Crippen LogP contribution in [0.25, 0.3) is 5.78 Å². The molecule has 3 aromatic heterocycles. The second-order valence-corrected chi connectivity index (χ2v) is 5.79. The van der Waals surface area contributed by atoms with Crippen molar-refractivity contribution in [3.63, 3.8) is 0 Å². The zero-order valence-corrected chi connectivity index (χ0v) is 11.8. The SMILES string of the molecule is c1cc([C@@H]2CCCN2Cc2cscn2)n2ccnc2n1. The molecule has 0 radical (unpaired) electrons. The first kappa shape index (κ1) is 12.0. The summed E-state index contributed by atoms with van der Waals surface area (Å²) in [5.74, 6) is 0.781. The van der Waals surface area contributed by atoms with E-state index in [9.17, 15) is 0 Å². The molecule has 1 fully saturated rings. The van der Waals surface area contributed by atoms with Gasteiger partial charge in [-0.2, -0.15) is 0 Å². The molecule has 0 spiro atoms. The molecule has 20 heavy (non-hydrogen) atoms. The second-order valence-electron chi connectivity index (χ2n) is 5.08. The molecule has 1 atom stereocenters. The maximum atomic E-state index is 4.41. The molecule has 0 bridgehead atoms. The zero-order valence-electron chi connectivity index (χ0n) is 11.0. The van der Waals surface area contributed by atoms with Gasteiger partial charge in [-0.15, -0.1) is 11.3 Å². The van der Waals surface area contributed by atoms with Crippen molar-refractivity contribution in [3.8, 4) is 0 Å². The van der Waals surface area contributed by atoms with Crippen LogP contribution < -0.4 is 0 Å². The van der Waals surface area contributed by atoms with Gasteiger partial charge < -0.3 is 0 Å². The molecule has 5 nitrogen and oxygen atoms in total. The molecule has 6 heteroatoms. The molecule has 3 aromatic rings. The zero-order chi connectivity index (χ0) is 13.4. The Bertz CT molecular complexity index is 705. The minimum absolute atomic E-state index is 0.427. The van der Waals surface area contributed by atoms with Gasteiger partial charge in [0.15, 0.2) is 0 Å². The van der Waals surface area contributed by atoms with E-state index in [-0.39, 0.29) is 0 Å². The number of hydrogen-bond donors (Lipinski definition) is 0. The summed E-state index contributed by atoms with van der Waals surface area (Å²) >= 11 is 1.66. The minimum Gasteiger partial charge on any atom is -0.289 e. The number of fused-ring (bicyclic) bond motifs is 1. The monoisotopic (exact) mass is 285 g/mol. The Kier molecular flexibility index (Phi) is 2.97. The van der Waals surface area contributed by atoms with Crippen LogP contribution in [-0.4, -0.2) is 30.8 Å². The Morgan fingerprint density at radius 2 is 2.20 bits per heavy atom. The van der Waals surface area contributed by atoms with E-state index in [1.165, 1.54) is 18.5 Å². The Morgan fingerprint density at radius 1 is 1.25 bits per heavy atom. The molecule has 1 saturated heterocycles. The summed E-state index contributed by atoms with van der Waals surface area (Å²) in [7, 11) is 0. The number of aromatic nitrogens is 4. The third-order valence-corrected chi connectivity index (χ3v) is 4.52. The van der Waals surface area contributed by atoms with E-state index in [0.29, 0.717) is 6.04 Å². The van der Waals surface area contributed by atoms with E-state index < -0.39 is 0 Å².